The summed E-state index contributed by atoms with van der Waals surface area (Å²) in [6.45, 7) is 2.84. The molecule has 122 valence electrons. The summed E-state index contributed by atoms with van der Waals surface area (Å²) in [6, 6.07) is 9.93. The van der Waals surface area contributed by atoms with E-state index in [-0.39, 0.29) is 17.5 Å². The fraction of sp³-hybridized carbons (Fsp3) is 0.474. The van der Waals surface area contributed by atoms with Gasteiger partial charge in [0, 0.05) is 25.6 Å². The van der Waals surface area contributed by atoms with E-state index < -0.39 is 0 Å². The zero-order valence-electron chi connectivity index (χ0n) is 13.4. The van der Waals surface area contributed by atoms with E-state index in [1.165, 1.54) is 0 Å². The van der Waals surface area contributed by atoms with Crippen molar-refractivity contribution in [2.45, 2.75) is 31.6 Å². The maximum absolute atomic E-state index is 12.4. The second kappa shape index (κ2) is 7.55. The maximum atomic E-state index is 12.4. The van der Waals surface area contributed by atoms with Gasteiger partial charge in [-0.15, -0.1) is 0 Å². The average molecular weight is 312 g/mol. The molecule has 1 heterocycles. The highest BCUT2D eigenvalue weighted by atomic mass is 16.3. The van der Waals surface area contributed by atoms with Crippen LogP contribution in [0.4, 0.5) is 0 Å². The summed E-state index contributed by atoms with van der Waals surface area (Å²) >= 11 is 0. The third kappa shape index (κ3) is 4.08. The van der Waals surface area contributed by atoms with E-state index in [1.54, 1.807) is 6.21 Å². The molecule has 0 spiro atoms. The lowest BCUT2D eigenvalue weighted by Crippen LogP contribution is -2.29. The monoisotopic (exact) mass is 312 g/mol. The number of piperidine rings is 1. The molecule has 1 aliphatic heterocycles. The number of benzene rings is 1. The molecule has 4 nitrogen and oxygen atoms in total. The number of aliphatic hydroxyl groups excluding tert-OH is 1. The maximum Gasteiger partial charge on any atom is 0.168 e. The highest BCUT2D eigenvalue weighted by Crippen LogP contribution is 2.32. The Balaban J connectivity index is 1.64. The van der Waals surface area contributed by atoms with Gasteiger partial charge in [-0.05, 0) is 43.3 Å². The molecule has 0 radical (unpaired) electrons. The Hall–Kier alpha value is -1.94. The van der Waals surface area contributed by atoms with Gasteiger partial charge in [-0.3, -0.25) is 9.79 Å². The van der Waals surface area contributed by atoms with Crippen molar-refractivity contribution in [1.29, 1.82) is 0 Å². The zero-order chi connectivity index (χ0) is 16.1. The number of hydrogen-bond donors (Lipinski definition) is 2. The van der Waals surface area contributed by atoms with Crippen LogP contribution in [0.5, 0.6) is 0 Å². The minimum Gasteiger partial charge on any atom is -0.511 e. The van der Waals surface area contributed by atoms with Crippen molar-refractivity contribution in [3.63, 3.8) is 0 Å². The summed E-state index contributed by atoms with van der Waals surface area (Å²) in [6.07, 6.45) is 4.83. The number of aliphatic imine (C=N–C) groups is 1. The van der Waals surface area contributed by atoms with E-state index in [4.69, 9.17) is 0 Å². The minimum absolute atomic E-state index is 0.00309. The Labute approximate surface area is 137 Å². The molecule has 0 aromatic heterocycles. The molecule has 0 bridgehead atoms. The second-order valence-corrected chi connectivity index (χ2v) is 6.49. The lowest BCUT2D eigenvalue weighted by atomic mass is 9.83. The van der Waals surface area contributed by atoms with Gasteiger partial charge in [0.25, 0.3) is 0 Å². The average Bonchev–Trinajstić information content (AvgIpc) is 2.59. The van der Waals surface area contributed by atoms with Crippen molar-refractivity contribution < 1.29 is 9.90 Å². The summed E-state index contributed by atoms with van der Waals surface area (Å²) in [5.74, 6) is 0.845. The molecule has 0 amide bonds. The second-order valence-electron chi connectivity index (χ2n) is 6.49. The van der Waals surface area contributed by atoms with Crippen LogP contribution in [-0.4, -0.2) is 36.7 Å². The summed E-state index contributed by atoms with van der Waals surface area (Å²) in [5.41, 5.74) is 1.52. The molecule has 2 N–H and O–H groups in total. The van der Waals surface area contributed by atoms with E-state index in [1.807, 2.05) is 30.3 Å². The van der Waals surface area contributed by atoms with Crippen LogP contribution in [0.3, 0.4) is 0 Å². The highest BCUT2D eigenvalue weighted by molar-refractivity contribution is 6.14. The van der Waals surface area contributed by atoms with Gasteiger partial charge in [-0.1, -0.05) is 30.3 Å². The minimum atomic E-state index is -0.00309. The van der Waals surface area contributed by atoms with E-state index >= 15 is 0 Å². The van der Waals surface area contributed by atoms with E-state index in [2.05, 4.69) is 10.3 Å². The summed E-state index contributed by atoms with van der Waals surface area (Å²) in [4.78, 5) is 16.8. The third-order valence-electron chi connectivity index (χ3n) is 4.80. The first-order valence-corrected chi connectivity index (χ1v) is 8.45. The quantitative estimate of drug-likeness (QED) is 0.840. The fourth-order valence-electron chi connectivity index (χ4n) is 3.37. The Morgan fingerprint density at radius 1 is 1.17 bits per heavy atom. The standard InChI is InChI=1S/C19H24N2O2/c22-18-10-16(15-4-2-1-3-5-15)11-19(23)17(18)13-21-12-14-6-8-20-9-7-14/h1-5,13-14,16,20,22H,6-12H2. The van der Waals surface area contributed by atoms with E-state index in [0.29, 0.717) is 24.3 Å². The van der Waals surface area contributed by atoms with Crippen LogP contribution in [0.1, 0.15) is 37.2 Å². The highest BCUT2D eigenvalue weighted by Gasteiger charge is 2.27. The van der Waals surface area contributed by atoms with Gasteiger partial charge in [0.05, 0.1) is 5.57 Å². The Morgan fingerprint density at radius 2 is 1.91 bits per heavy atom. The summed E-state index contributed by atoms with van der Waals surface area (Å²) in [7, 11) is 0. The summed E-state index contributed by atoms with van der Waals surface area (Å²) in [5, 5.41) is 13.6. The van der Waals surface area contributed by atoms with Crippen molar-refractivity contribution in [2.75, 3.05) is 19.6 Å². The van der Waals surface area contributed by atoms with E-state index in [0.717, 1.165) is 38.0 Å². The Kier molecular flexibility index (Phi) is 5.23. The number of carbonyl (C=O) groups is 1. The number of hydrogen-bond acceptors (Lipinski definition) is 4. The largest absolute Gasteiger partial charge is 0.511 e. The van der Waals surface area contributed by atoms with Gasteiger partial charge in [0.2, 0.25) is 0 Å². The van der Waals surface area contributed by atoms with E-state index in [9.17, 15) is 9.90 Å². The molecule has 23 heavy (non-hydrogen) atoms. The molecule has 1 unspecified atom stereocenters. The molecule has 0 saturated carbocycles. The number of ketones is 1. The molecule has 4 heteroatoms. The number of nitrogens with zero attached hydrogens (tertiary/aromatic N) is 1. The third-order valence-corrected chi connectivity index (χ3v) is 4.80. The van der Waals surface area contributed by atoms with Gasteiger partial charge < -0.3 is 10.4 Å². The summed E-state index contributed by atoms with van der Waals surface area (Å²) < 4.78 is 0. The number of nitrogens with one attached hydrogen (secondary N) is 1. The molecular formula is C19H24N2O2. The van der Waals surface area contributed by atoms with Crippen LogP contribution in [-0.2, 0) is 4.79 Å². The van der Waals surface area contributed by atoms with Crippen molar-refractivity contribution in [3.05, 3.63) is 47.2 Å². The molecule has 2 aliphatic rings. The van der Waals surface area contributed by atoms with Crippen molar-refractivity contribution >= 4 is 12.0 Å². The predicted octanol–water partition coefficient (Wildman–Crippen LogP) is 3.02. The smallest absolute Gasteiger partial charge is 0.168 e. The topological polar surface area (TPSA) is 61.7 Å². The molecule has 3 rings (SSSR count). The zero-order valence-corrected chi connectivity index (χ0v) is 13.4. The lowest BCUT2D eigenvalue weighted by molar-refractivity contribution is -0.116. The van der Waals surface area contributed by atoms with Gasteiger partial charge >= 0.3 is 0 Å². The van der Waals surface area contributed by atoms with Crippen LogP contribution >= 0.6 is 0 Å². The van der Waals surface area contributed by atoms with Gasteiger partial charge in [-0.25, -0.2) is 0 Å². The van der Waals surface area contributed by atoms with Crippen molar-refractivity contribution in [2.24, 2.45) is 10.9 Å². The lowest BCUT2D eigenvalue weighted by Gasteiger charge is -2.23. The fourth-order valence-corrected chi connectivity index (χ4v) is 3.37. The molecule has 1 aliphatic carbocycles. The molecule has 1 fully saturated rings. The SMILES string of the molecule is O=C1CC(c2ccccc2)CC(O)=C1C=NCC1CCNCC1. The molecule has 1 aromatic carbocycles. The van der Waals surface area contributed by atoms with Gasteiger partial charge in [-0.2, -0.15) is 0 Å². The van der Waals surface area contributed by atoms with Crippen LogP contribution in [0.25, 0.3) is 0 Å². The molecular weight excluding hydrogens is 288 g/mol. The first kappa shape index (κ1) is 15.9. The first-order chi connectivity index (χ1) is 11.2. The molecule has 1 atom stereocenters. The number of rotatable bonds is 4. The molecule has 1 saturated heterocycles. The number of allylic oxidation sites excluding steroid dienone is 2. The number of aliphatic hydroxyl groups is 1. The van der Waals surface area contributed by atoms with Crippen LogP contribution in [0.2, 0.25) is 0 Å². The van der Waals surface area contributed by atoms with Crippen molar-refractivity contribution in [1.82, 2.24) is 5.32 Å². The van der Waals surface area contributed by atoms with Crippen LogP contribution in [0, 0.1) is 5.92 Å². The van der Waals surface area contributed by atoms with Crippen LogP contribution in [0.15, 0.2) is 46.7 Å². The number of carbonyl (C=O) groups excluding carboxylic acids is 1. The van der Waals surface area contributed by atoms with Gasteiger partial charge in [0.1, 0.15) is 5.76 Å². The van der Waals surface area contributed by atoms with Crippen LogP contribution < -0.4 is 5.32 Å². The Bertz CT molecular complexity index is 601. The predicted molar refractivity (Wildman–Crippen MR) is 92.0 cm³/mol. The Morgan fingerprint density at radius 3 is 2.61 bits per heavy atom. The van der Waals surface area contributed by atoms with Crippen molar-refractivity contribution in [3.8, 4) is 0 Å². The first-order valence-electron chi connectivity index (χ1n) is 8.45. The number of Topliss-reactive ketones (excluding diaryl/α,β-unsaturated/α-hetero) is 1. The normalized spacial score (nSPS) is 23.7. The molecule has 1 aromatic rings. The van der Waals surface area contributed by atoms with Gasteiger partial charge in [0.15, 0.2) is 5.78 Å².